The molecule has 0 bridgehead atoms. The molecule has 0 saturated carbocycles. The molecule has 1 N–H and O–H groups in total. The Morgan fingerprint density at radius 3 is 1.42 bits per heavy atom. The van der Waals surface area contributed by atoms with Gasteiger partial charge in [-0.3, -0.25) is 0 Å². The first-order valence-corrected chi connectivity index (χ1v) is 16.5. The van der Waals surface area contributed by atoms with Crippen molar-refractivity contribution in [3.05, 3.63) is 112 Å². The molecule has 0 heterocycles. The van der Waals surface area contributed by atoms with Crippen molar-refractivity contribution < 1.29 is 0 Å². The van der Waals surface area contributed by atoms with Gasteiger partial charge in [-0.15, -0.1) is 0 Å². The smallest absolute Gasteiger partial charge is 0.000333 e. The minimum absolute atomic E-state index is 0.381. The minimum Gasteiger partial charge on any atom is -0.316 e. The van der Waals surface area contributed by atoms with Gasteiger partial charge in [0, 0.05) is 0 Å². The summed E-state index contributed by atoms with van der Waals surface area (Å²) in [4.78, 5) is 0. The van der Waals surface area contributed by atoms with Crippen LogP contribution in [-0.2, 0) is 0 Å². The summed E-state index contributed by atoms with van der Waals surface area (Å²) >= 11 is 0. The maximum atomic E-state index is 3.78. The van der Waals surface area contributed by atoms with Crippen molar-refractivity contribution in [3.8, 4) is 11.1 Å². The van der Waals surface area contributed by atoms with Gasteiger partial charge in [0.25, 0.3) is 0 Å². The lowest BCUT2D eigenvalue weighted by Gasteiger charge is -2.21. The van der Waals surface area contributed by atoms with Gasteiger partial charge >= 0.3 is 0 Å². The normalized spacial score (nSPS) is 11.7. The van der Waals surface area contributed by atoms with Crippen LogP contribution in [-0.4, -0.2) is 25.4 Å². The summed E-state index contributed by atoms with van der Waals surface area (Å²) in [6.45, 7) is 17.6. The molecule has 1 atom stereocenters. The molecule has 4 aromatic rings. The van der Waals surface area contributed by atoms with Crippen LogP contribution in [0.1, 0.15) is 38.9 Å². The third-order valence-electron chi connectivity index (χ3n) is 6.81. The Morgan fingerprint density at radius 1 is 0.500 bits per heavy atom. The second-order valence-corrected chi connectivity index (χ2v) is 14.8. The number of rotatable bonds is 10. The van der Waals surface area contributed by atoms with Crippen molar-refractivity contribution in [1.82, 2.24) is 5.32 Å². The predicted molar refractivity (Wildman–Crippen MR) is 175 cm³/mol. The molecule has 1 unspecified atom stereocenters. The second-order valence-electron chi connectivity index (χ2n) is 11.0. The van der Waals surface area contributed by atoms with Gasteiger partial charge < -0.3 is 5.32 Å². The lowest BCUT2D eigenvalue weighted by atomic mass is 9.99. The zero-order chi connectivity index (χ0) is 27.2. The van der Waals surface area contributed by atoms with Crippen LogP contribution in [0.2, 0.25) is 0 Å². The quantitative estimate of drug-likeness (QED) is 0.162. The molecule has 0 radical (unpaired) electrons. The van der Waals surface area contributed by atoms with Gasteiger partial charge in [-0.25, -0.2) is 0 Å². The Labute approximate surface area is 234 Å². The maximum absolute atomic E-state index is 3.78. The van der Waals surface area contributed by atoms with E-state index in [-0.39, 0.29) is 7.92 Å². The average molecular weight is 540 g/mol. The molecule has 198 valence electrons. The van der Waals surface area contributed by atoms with Gasteiger partial charge in [-0.05, 0) is 120 Å². The molecule has 3 heteroatoms. The molecule has 0 amide bonds. The highest BCUT2D eigenvalue weighted by Gasteiger charge is 2.15. The Kier molecular flexibility index (Phi) is 9.95. The van der Waals surface area contributed by atoms with Crippen LogP contribution < -0.4 is 21.2 Å². The number of nitrogens with one attached hydrogen (secondary N) is 1. The van der Waals surface area contributed by atoms with Gasteiger partial charge in [0.2, 0.25) is 0 Å². The average Bonchev–Trinajstić information content (AvgIpc) is 2.81. The van der Waals surface area contributed by atoms with E-state index in [4.69, 9.17) is 0 Å². The van der Waals surface area contributed by atoms with E-state index in [1.807, 2.05) is 0 Å². The van der Waals surface area contributed by atoms with Crippen LogP contribution in [0.3, 0.4) is 0 Å². The molecule has 0 aromatic heterocycles. The topological polar surface area (TPSA) is 12.0 Å². The highest BCUT2D eigenvalue weighted by Crippen LogP contribution is 2.34. The van der Waals surface area contributed by atoms with Gasteiger partial charge in [0.05, 0.1) is 0 Å². The van der Waals surface area contributed by atoms with Gasteiger partial charge in [0.15, 0.2) is 0 Å². The molecule has 38 heavy (non-hydrogen) atoms. The summed E-state index contributed by atoms with van der Waals surface area (Å²) in [6.07, 6.45) is 2.35. The molecule has 0 aliphatic heterocycles. The Morgan fingerprint density at radius 2 is 0.921 bits per heavy atom. The van der Waals surface area contributed by atoms with E-state index in [0.717, 1.165) is 21.7 Å². The predicted octanol–water partition coefficient (Wildman–Crippen LogP) is 7.54. The molecule has 0 aliphatic rings. The van der Waals surface area contributed by atoms with Crippen molar-refractivity contribution in [1.29, 1.82) is 0 Å². The third kappa shape index (κ3) is 8.10. The van der Waals surface area contributed by atoms with Crippen molar-refractivity contribution in [2.24, 2.45) is 0 Å². The zero-order valence-electron chi connectivity index (χ0n) is 24.2. The van der Waals surface area contributed by atoms with Crippen molar-refractivity contribution in [2.45, 2.75) is 48.5 Å². The fourth-order valence-corrected chi connectivity index (χ4v) is 9.24. The van der Waals surface area contributed by atoms with Crippen LogP contribution in [0.15, 0.2) is 72.8 Å². The summed E-state index contributed by atoms with van der Waals surface area (Å²) in [6, 6.07) is 28.1. The molecule has 0 saturated heterocycles. The highest BCUT2D eigenvalue weighted by atomic mass is 31.1. The van der Waals surface area contributed by atoms with Gasteiger partial charge in [-0.2, -0.15) is 0 Å². The summed E-state index contributed by atoms with van der Waals surface area (Å²) in [5, 5.41) is 8.26. The third-order valence-corrected chi connectivity index (χ3v) is 10.4. The highest BCUT2D eigenvalue weighted by molar-refractivity contribution is 7.73. The Hall–Kier alpha value is -2.30. The van der Waals surface area contributed by atoms with Crippen molar-refractivity contribution in [2.75, 3.05) is 25.4 Å². The van der Waals surface area contributed by atoms with Crippen LogP contribution in [0.25, 0.3) is 11.1 Å². The van der Waals surface area contributed by atoms with E-state index >= 15 is 0 Å². The first-order valence-electron chi connectivity index (χ1n) is 13.8. The second kappa shape index (κ2) is 13.2. The fraction of sp³-hybridized carbons (Fsp3) is 0.314. The molecule has 4 aromatic carbocycles. The summed E-state index contributed by atoms with van der Waals surface area (Å²) in [7, 11) is 0.443. The number of aryl methyl sites for hydroxylation is 7. The van der Waals surface area contributed by atoms with E-state index in [1.54, 1.807) is 0 Å². The first kappa shape index (κ1) is 28.7. The summed E-state index contributed by atoms with van der Waals surface area (Å²) in [5.41, 5.74) is 12.2. The van der Waals surface area contributed by atoms with E-state index < -0.39 is 0 Å². The Bertz CT molecular complexity index is 1290. The molecule has 1 nitrogen and oxygen atoms in total. The lowest BCUT2D eigenvalue weighted by molar-refractivity contribution is 0.772. The standard InChI is InChI=1S/C35H43NP2/c1-24-12-25(2)16-31(15-24)32-17-30(7)18-33(23-32)37-10-8-36-9-11-38(34-19-26(3)13-27(4)20-34)35-21-28(5)14-29(6)22-35/h12-23,36-37H,8-11H2,1-7H3. The van der Waals surface area contributed by atoms with E-state index in [0.29, 0.717) is 0 Å². The van der Waals surface area contributed by atoms with E-state index in [9.17, 15) is 0 Å². The maximum Gasteiger partial charge on any atom is -0.000333 e. The SMILES string of the molecule is Cc1cc(C)cc(-c2cc(C)cc(PCCNCCP(c3cc(C)cc(C)c3)c3cc(C)cc(C)c3)c2)c1. The van der Waals surface area contributed by atoms with Crippen LogP contribution >= 0.6 is 16.5 Å². The fourth-order valence-electron chi connectivity index (χ4n) is 5.42. The molecule has 4 rings (SSSR count). The largest absolute Gasteiger partial charge is 0.316 e. The van der Waals surface area contributed by atoms with Gasteiger partial charge in [0.1, 0.15) is 0 Å². The van der Waals surface area contributed by atoms with E-state index in [1.165, 1.54) is 78.3 Å². The molecule has 0 aliphatic carbocycles. The number of benzene rings is 4. The van der Waals surface area contributed by atoms with Crippen LogP contribution in [0.5, 0.6) is 0 Å². The lowest BCUT2D eigenvalue weighted by Crippen LogP contribution is -2.25. The van der Waals surface area contributed by atoms with Crippen LogP contribution in [0.4, 0.5) is 0 Å². The molecular formula is C35H43NP2. The Balaban J connectivity index is 1.37. The minimum atomic E-state index is -0.381. The van der Waals surface area contributed by atoms with Crippen molar-refractivity contribution >= 4 is 32.4 Å². The summed E-state index contributed by atoms with van der Waals surface area (Å²) in [5.74, 6) is 0. The molecule has 0 spiro atoms. The summed E-state index contributed by atoms with van der Waals surface area (Å²) < 4.78 is 0. The number of hydrogen-bond donors (Lipinski definition) is 1. The number of hydrogen-bond acceptors (Lipinski definition) is 1. The van der Waals surface area contributed by atoms with Gasteiger partial charge in [-0.1, -0.05) is 109 Å². The van der Waals surface area contributed by atoms with Crippen molar-refractivity contribution in [3.63, 3.8) is 0 Å². The zero-order valence-corrected chi connectivity index (χ0v) is 26.1. The molecule has 0 fully saturated rings. The van der Waals surface area contributed by atoms with Crippen LogP contribution in [0, 0.1) is 48.5 Å². The monoisotopic (exact) mass is 539 g/mol. The first-order chi connectivity index (χ1) is 18.2. The molecular weight excluding hydrogens is 496 g/mol. The van der Waals surface area contributed by atoms with E-state index in [2.05, 4.69) is 127 Å².